The van der Waals surface area contributed by atoms with E-state index < -0.39 is 0 Å². The number of hydrogen-bond donors (Lipinski definition) is 0. The van der Waals surface area contributed by atoms with Crippen molar-refractivity contribution in [1.82, 2.24) is 4.98 Å². The standard InChI is InChI=1S/C21H21ClN2/c22-19-7-3-1-6-18(19)15-16-11-13-24(14-12-16)21-10-9-17-5-2-4-8-20(17)23-21/h1-10,16H,11-15H2. The first-order valence-corrected chi connectivity index (χ1v) is 9.01. The average Bonchev–Trinajstić information content (AvgIpc) is 2.64. The van der Waals surface area contributed by atoms with Gasteiger partial charge in [0.1, 0.15) is 5.82 Å². The Morgan fingerprint density at radius 1 is 0.917 bits per heavy atom. The van der Waals surface area contributed by atoms with E-state index in [1.54, 1.807) is 0 Å². The molecule has 24 heavy (non-hydrogen) atoms. The number of aromatic nitrogens is 1. The third-order valence-corrected chi connectivity index (χ3v) is 5.36. The monoisotopic (exact) mass is 336 g/mol. The van der Waals surface area contributed by atoms with Gasteiger partial charge in [-0.3, -0.25) is 0 Å². The van der Waals surface area contributed by atoms with Gasteiger partial charge in [-0.25, -0.2) is 4.98 Å². The Balaban J connectivity index is 1.42. The highest BCUT2D eigenvalue weighted by Gasteiger charge is 2.21. The molecule has 0 spiro atoms. The molecule has 0 bridgehead atoms. The molecule has 1 fully saturated rings. The van der Waals surface area contributed by atoms with Crippen LogP contribution < -0.4 is 4.90 Å². The summed E-state index contributed by atoms with van der Waals surface area (Å²) in [6.45, 7) is 2.14. The molecule has 0 atom stereocenters. The van der Waals surface area contributed by atoms with Crippen LogP contribution >= 0.6 is 11.6 Å². The van der Waals surface area contributed by atoms with Crippen molar-refractivity contribution in [3.63, 3.8) is 0 Å². The van der Waals surface area contributed by atoms with Crippen LogP contribution in [-0.4, -0.2) is 18.1 Å². The summed E-state index contributed by atoms with van der Waals surface area (Å²) in [7, 11) is 0. The van der Waals surface area contributed by atoms with Gasteiger partial charge in [0.25, 0.3) is 0 Å². The van der Waals surface area contributed by atoms with Crippen LogP contribution in [0.5, 0.6) is 0 Å². The Kier molecular flexibility index (Phi) is 4.40. The van der Waals surface area contributed by atoms with Crippen molar-refractivity contribution in [2.75, 3.05) is 18.0 Å². The zero-order valence-corrected chi connectivity index (χ0v) is 14.4. The Labute approximate surface area is 148 Å². The highest BCUT2D eigenvalue weighted by atomic mass is 35.5. The SMILES string of the molecule is Clc1ccccc1CC1CCN(c2ccc3ccccc3n2)CC1. The Hall–Kier alpha value is -2.06. The fourth-order valence-corrected chi connectivity index (χ4v) is 3.79. The second-order valence-electron chi connectivity index (χ2n) is 6.59. The first kappa shape index (κ1) is 15.5. The quantitative estimate of drug-likeness (QED) is 0.641. The van der Waals surface area contributed by atoms with Gasteiger partial charge in [0.15, 0.2) is 0 Å². The summed E-state index contributed by atoms with van der Waals surface area (Å²) in [5, 5.41) is 2.10. The van der Waals surface area contributed by atoms with E-state index in [1.807, 2.05) is 12.1 Å². The number of benzene rings is 2. The van der Waals surface area contributed by atoms with Crippen LogP contribution in [0.1, 0.15) is 18.4 Å². The molecular weight excluding hydrogens is 316 g/mol. The third-order valence-electron chi connectivity index (χ3n) is 4.99. The summed E-state index contributed by atoms with van der Waals surface area (Å²) < 4.78 is 0. The molecule has 0 aliphatic carbocycles. The molecule has 3 aromatic rings. The summed E-state index contributed by atoms with van der Waals surface area (Å²) in [6.07, 6.45) is 3.47. The Bertz CT molecular complexity index is 838. The van der Waals surface area contributed by atoms with Crippen molar-refractivity contribution in [2.24, 2.45) is 5.92 Å². The van der Waals surface area contributed by atoms with Crippen LogP contribution in [-0.2, 0) is 6.42 Å². The van der Waals surface area contributed by atoms with Gasteiger partial charge in [-0.1, -0.05) is 48.0 Å². The molecule has 2 nitrogen and oxygen atoms in total. The summed E-state index contributed by atoms with van der Waals surface area (Å²) in [6, 6.07) is 20.9. The van der Waals surface area contributed by atoms with Crippen LogP contribution in [0, 0.1) is 5.92 Å². The molecule has 3 heteroatoms. The molecule has 0 radical (unpaired) electrons. The molecule has 1 aliphatic heterocycles. The van der Waals surface area contributed by atoms with E-state index in [-0.39, 0.29) is 0 Å². The van der Waals surface area contributed by atoms with E-state index in [1.165, 1.54) is 23.8 Å². The largest absolute Gasteiger partial charge is 0.357 e. The van der Waals surface area contributed by atoms with Gasteiger partial charge in [0, 0.05) is 23.5 Å². The fraction of sp³-hybridized carbons (Fsp3) is 0.286. The van der Waals surface area contributed by atoms with Gasteiger partial charge in [0.05, 0.1) is 5.52 Å². The number of hydrogen-bond acceptors (Lipinski definition) is 2. The maximum Gasteiger partial charge on any atom is 0.129 e. The first-order valence-electron chi connectivity index (χ1n) is 8.64. The average molecular weight is 337 g/mol. The molecule has 1 aromatic heterocycles. The number of piperidine rings is 1. The van der Waals surface area contributed by atoms with E-state index in [4.69, 9.17) is 16.6 Å². The number of halogens is 1. The van der Waals surface area contributed by atoms with Crippen LogP contribution in [0.15, 0.2) is 60.7 Å². The van der Waals surface area contributed by atoms with Crippen LogP contribution in [0.3, 0.4) is 0 Å². The lowest BCUT2D eigenvalue weighted by Gasteiger charge is -2.33. The van der Waals surface area contributed by atoms with Crippen molar-refractivity contribution in [3.8, 4) is 0 Å². The number of para-hydroxylation sites is 1. The molecule has 4 rings (SSSR count). The molecular formula is C21H21ClN2. The fourth-order valence-electron chi connectivity index (χ4n) is 3.57. The molecule has 2 heterocycles. The Morgan fingerprint density at radius 3 is 2.50 bits per heavy atom. The summed E-state index contributed by atoms with van der Waals surface area (Å²) in [5.41, 5.74) is 2.36. The number of fused-ring (bicyclic) bond motifs is 1. The normalized spacial score (nSPS) is 15.8. The minimum atomic E-state index is 0.710. The summed E-state index contributed by atoms with van der Waals surface area (Å²) in [4.78, 5) is 7.24. The van der Waals surface area contributed by atoms with Gasteiger partial charge >= 0.3 is 0 Å². The topological polar surface area (TPSA) is 16.1 Å². The molecule has 0 saturated carbocycles. The van der Waals surface area contributed by atoms with E-state index in [9.17, 15) is 0 Å². The van der Waals surface area contributed by atoms with Gasteiger partial charge in [-0.05, 0) is 55.0 Å². The molecule has 2 aromatic carbocycles. The smallest absolute Gasteiger partial charge is 0.129 e. The third kappa shape index (κ3) is 3.25. The predicted octanol–water partition coefficient (Wildman–Crippen LogP) is 5.35. The number of pyridine rings is 1. The lowest BCUT2D eigenvalue weighted by Crippen LogP contribution is -2.34. The minimum absolute atomic E-state index is 0.710. The lowest BCUT2D eigenvalue weighted by atomic mass is 9.90. The van der Waals surface area contributed by atoms with E-state index in [0.717, 1.165) is 35.9 Å². The van der Waals surface area contributed by atoms with E-state index >= 15 is 0 Å². The second-order valence-corrected chi connectivity index (χ2v) is 7.00. The van der Waals surface area contributed by atoms with Gasteiger partial charge < -0.3 is 4.90 Å². The maximum atomic E-state index is 6.30. The molecule has 0 amide bonds. The minimum Gasteiger partial charge on any atom is -0.357 e. The zero-order chi connectivity index (χ0) is 16.4. The van der Waals surface area contributed by atoms with E-state index in [2.05, 4.69) is 53.4 Å². The molecule has 0 N–H and O–H groups in total. The highest BCUT2D eigenvalue weighted by molar-refractivity contribution is 6.31. The number of rotatable bonds is 3. The van der Waals surface area contributed by atoms with Crippen molar-refractivity contribution < 1.29 is 0 Å². The van der Waals surface area contributed by atoms with Crippen LogP contribution in [0.2, 0.25) is 5.02 Å². The zero-order valence-electron chi connectivity index (χ0n) is 13.7. The number of anilines is 1. The summed E-state index contributed by atoms with van der Waals surface area (Å²) in [5.74, 6) is 1.81. The highest BCUT2D eigenvalue weighted by Crippen LogP contribution is 2.28. The van der Waals surface area contributed by atoms with Crippen molar-refractivity contribution >= 4 is 28.3 Å². The van der Waals surface area contributed by atoms with E-state index in [0.29, 0.717) is 5.92 Å². The van der Waals surface area contributed by atoms with Crippen LogP contribution in [0.25, 0.3) is 10.9 Å². The van der Waals surface area contributed by atoms with Crippen molar-refractivity contribution in [3.05, 3.63) is 71.2 Å². The lowest BCUT2D eigenvalue weighted by molar-refractivity contribution is 0.402. The number of nitrogens with zero attached hydrogens (tertiary/aromatic N) is 2. The molecule has 122 valence electrons. The first-order chi connectivity index (χ1) is 11.8. The molecule has 1 aliphatic rings. The molecule has 0 unspecified atom stereocenters. The van der Waals surface area contributed by atoms with Gasteiger partial charge in [-0.2, -0.15) is 0 Å². The Morgan fingerprint density at radius 2 is 1.67 bits per heavy atom. The predicted molar refractivity (Wildman–Crippen MR) is 102 cm³/mol. The van der Waals surface area contributed by atoms with Gasteiger partial charge in [0.2, 0.25) is 0 Å². The van der Waals surface area contributed by atoms with Gasteiger partial charge in [-0.15, -0.1) is 0 Å². The van der Waals surface area contributed by atoms with Crippen LogP contribution in [0.4, 0.5) is 5.82 Å². The van der Waals surface area contributed by atoms with Crippen molar-refractivity contribution in [2.45, 2.75) is 19.3 Å². The molecule has 1 saturated heterocycles. The maximum absolute atomic E-state index is 6.30. The summed E-state index contributed by atoms with van der Waals surface area (Å²) >= 11 is 6.30. The van der Waals surface area contributed by atoms with Crippen molar-refractivity contribution in [1.29, 1.82) is 0 Å². The second kappa shape index (κ2) is 6.82.